The van der Waals surface area contributed by atoms with E-state index in [9.17, 15) is 9.47 Å². The van der Waals surface area contributed by atoms with E-state index >= 15 is 0 Å². The molecular formula is C26H29N7OS2. The fraction of sp³-hybridized carbons (Fsp3) is 0.423. The van der Waals surface area contributed by atoms with Crippen molar-refractivity contribution in [2.24, 2.45) is 5.41 Å². The second kappa shape index (κ2) is 8.54. The molecule has 2 saturated heterocycles. The lowest BCUT2D eigenvalue weighted by Gasteiger charge is -2.25. The lowest BCUT2D eigenvalue weighted by Crippen LogP contribution is -2.31. The average Bonchev–Trinajstić information content (AvgIpc) is 3.60. The summed E-state index contributed by atoms with van der Waals surface area (Å²) in [5.41, 5.74) is 4.46. The molecule has 2 atom stereocenters. The highest BCUT2D eigenvalue weighted by molar-refractivity contribution is 7.91. The van der Waals surface area contributed by atoms with Gasteiger partial charge in [0.1, 0.15) is 28.7 Å². The monoisotopic (exact) mass is 519 g/mol. The molecule has 2 unspecified atom stereocenters. The fourth-order valence-electron chi connectivity index (χ4n) is 5.97. The summed E-state index contributed by atoms with van der Waals surface area (Å²) in [5, 5.41) is 11.4. The van der Waals surface area contributed by atoms with Gasteiger partial charge in [0, 0.05) is 63.4 Å². The van der Waals surface area contributed by atoms with Crippen LogP contribution in [0.25, 0.3) is 21.1 Å². The van der Waals surface area contributed by atoms with Gasteiger partial charge in [0.05, 0.1) is 11.1 Å². The quantitative estimate of drug-likeness (QED) is 0.397. The number of nitrogens with one attached hydrogen (secondary N) is 2. The van der Waals surface area contributed by atoms with Crippen LogP contribution in [0.4, 0.5) is 5.82 Å². The number of nitriles is 1. The molecule has 186 valence electrons. The molecule has 36 heavy (non-hydrogen) atoms. The summed E-state index contributed by atoms with van der Waals surface area (Å²) in [6, 6.07) is 10.5. The number of rotatable bonds is 5. The number of nitrogens with zero attached hydrogens (tertiary/aromatic N) is 5. The maximum absolute atomic E-state index is 12.0. The molecule has 5 heterocycles. The highest BCUT2D eigenvalue weighted by Gasteiger charge is 2.44. The minimum absolute atomic E-state index is 0.259. The van der Waals surface area contributed by atoms with Gasteiger partial charge < -0.3 is 9.88 Å². The molecule has 10 heteroatoms. The number of thiophene rings is 1. The molecule has 8 nitrogen and oxygen atoms in total. The van der Waals surface area contributed by atoms with E-state index in [0.717, 1.165) is 71.0 Å². The van der Waals surface area contributed by atoms with Gasteiger partial charge in [-0.1, -0.05) is 6.07 Å². The lowest BCUT2D eigenvalue weighted by atomic mass is 9.86. The molecule has 2 N–H and O–H groups in total. The van der Waals surface area contributed by atoms with Crippen LogP contribution in [-0.4, -0.2) is 56.5 Å². The number of aromatic amines is 1. The molecule has 3 aromatic heterocycles. The minimum Gasteiger partial charge on any atom is -0.355 e. The third-order valence-electron chi connectivity index (χ3n) is 7.73. The number of anilines is 1. The number of fused-ring (bicyclic) bond motifs is 2. The first kappa shape index (κ1) is 23.4. The van der Waals surface area contributed by atoms with Crippen LogP contribution in [0.3, 0.4) is 0 Å². The number of aromatic nitrogens is 3. The Kier molecular flexibility index (Phi) is 5.55. The van der Waals surface area contributed by atoms with E-state index in [2.05, 4.69) is 49.9 Å². The molecule has 0 bridgehead atoms. The Balaban J connectivity index is 1.19. The predicted molar refractivity (Wildman–Crippen MR) is 145 cm³/mol. The van der Waals surface area contributed by atoms with Crippen molar-refractivity contribution >= 4 is 48.0 Å². The number of benzene rings is 1. The molecule has 6 rings (SSSR count). The molecule has 4 aromatic rings. The van der Waals surface area contributed by atoms with Crippen LogP contribution in [0.15, 0.2) is 30.6 Å². The second-order valence-corrected chi connectivity index (χ2v) is 13.9. The summed E-state index contributed by atoms with van der Waals surface area (Å²) in [7, 11) is -2.60. The zero-order valence-electron chi connectivity index (χ0n) is 20.5. The molecule has 0 saturated carbocycles. The third-order valence-corrected chi connectivity index (χ3v) is 9.82. The summed E-state index contributed by atoms with van der Waals surface area (Å²) in [4.78, 5) is 19.1. The van der Waals surface area contributed by atoms with E-state index in [0.29, 0.717) is 5.69 Å². The van der Waals surface area contributed by atoms with Crippen LogP contribution >= 0.6 is 11.3 Å². The molecule has 1 aromatic carbocycles. The largest absolute Gasteiger partial charge is 0.355 e. The second-order valence-electron chi connectivity index (χ2n) is 10.5. The normalized spacial score (nSPS) is 22.1. The number of aryl methyl sites for hydroxylation is 1. The summed E-state index contributed by atoms with van der Waals surface area (Å²) in [5.74, 6) is 1.23. The van der Waals surface area contributed by atoms with Crippen molar-refractivity contribution < 1.29 is 4.21 Å². The number of H-pyrrole nitrogens is 1. The Morgan fingerprint density at radius 2 is 2.06 bits per heavy atom. The maximum atomic E-state index is 12.0. The van der Waals surface area contributed by atoms with E-state index in [1.165, 1.54) is 35.1 Å². The van der Waals surface area contributed by atoms with Gasteiger partial charge in [-0.2, -0.15) is 5.26 Å². The zero-order valence-corrected chi connectivity index (χ0v) is 22.1. The molecule has 2 fully saturated rings. The van der Waals surface area contributed by atoms with E-state index in [1.54, 1.807) is 6.33 Å². The van der Waals surface area contributed by atoms with Crippen LogP contribution in [0.5, 0.6) is 0 Å². The average molecular weight is 520 g/mol. The Labute approximate surface area is 214 Å². The van der Waals surface area contributed by atoms with Gasteiger partial charge in [0.15, 0.2) is 0 Å². The molecule has 2 aliphatic rings. The first-order chi connectivity index (χ1) is 17.2. The molecule has 0 aliphatic carbocycles. The van der Waals surface area contributed by atoms with Gasteiger partial charge in [-0.3, -0.25) is 9.68 Å². The molecule has 1 spiro atoms. The number of hydrogen-bond acceptors (Lipinski definition) is 8. The van der Waals surface area contributed by atoms with E-state index < -0.39 is 9.73 Å². The van der Waals surface area contributed by atoms with Crippen molar-refractivity contribution in [1.29, 1.82) is 10.0 Å². The summed E-state index contributed by atoms with van der Waals surface area (Å²) in [6.07, 6.45) is 5.43. The lowest BCUT2D eigenvalue weighted by molar-refractivity contribution is 0.270. The van der Waals surface area contributed by atoms with Crippen LogP contribution in [-0.2, 0) is 22.0 Å². The van der Waals surface area contributed by atoms with Crippen molar-refractivity contribution in [1.82, 2.24) is 19.9 Å². The van der Waals surface area contributed by atoms with Gasteiger partial charge in [0.2, 0.25) is 0 Å². The van der Waals surface area contributed by atoms with Crippen LogP contribution < -0.4 is 4.90 Å². The smallest absolute Gasteiger partial charge is 0.140 e. The van der Waals surface area contributed by atoms with Gasteiger partial charge >= 0.3 is 0 Å². The number of likely N-dealkylation sites (tertiary alicyclic amines) is 1. The number of hydrogen-bond donors (Lipinski definition) is 2. The van der Waals surface area contributed by atoms with Crippen molar-refractivity contribution in [2.75, 3.05) is 37.3 Å². The molecule has 2 aliphatic heterocycles. The van der Waals surface area contributed by atoms with Gasteiger partial charge in [-0.05, 0) is 55.6 Å². The molecular weight excluding hydrogens is 490 g/mol. The van der Waals surface area contributed by atoms with Crippen molar-refractivity contribution in [2.45, 2.75) is 32.1 Å². The third kappa shape index (κ3) is 4.25. The van der Waals surface area contributed by atoms with Crippen LogP contribution in [0.1, 0.15) is 34.5 Å². The van der Waals surface area contributed by atoms with Crippen LogP contribution in [0, 0.1) is 28.4 Å². The summed E-state index contributed by atoms with van der Waals surface area (Å²) in [6.45, 7) is 7.18. The fourth-order valence-corrected chi connectivity index (χ4v) is 8.29. The van der Waals surface area contributed by atoms with Gasteiger partial charge in [-0.25, -0.2) is 14.2 Å². The van der Waals surface area contributed by atoms with E-state index in [-0.39, 0.29) is 11.2 Å². The topological polar surface area (TPSA) is 113 Å². The first-order valence-corrected chi connectivity index (χ1v) is 15.1. The molecule has 0 amide bonds. The van der Waals surface area contributed by atoms with Gasteiger partial charge in [-0.15, -0.1) is 11.3 Å². The van der Waals surface area contributed by atoms with Gasteiger partial charge in [0.25, 0.3) is 0 Å². The first-order valence-electron chi connectivity index (χ1n) is 12.2. The highest BCUT2D eigenvalue weighted by atomic mass is 32.2. The Hall–Kier alpha value is -3.00. The maximum Gasteiger partial charge on any atom is 0.140 e. The standard InChI is InChI=1S/C26H29N7OS2/c1-17-18(3-4-23-21(17)9-19(11-27)31-23)12-32-7-5-26(14-32)6-8-33(15-26)24-22-10-20(13-36(2,28)34)35-25(22)30-16-29-24/h3-4,9-10,16,28,31H,5-8,12-15H2,1-2H3. The minimum atomic E-state index is -2.60. The van der Waals surface area contributed by atoms with Crippen molar-refractivity contribution in [3.05, 3.63) is 52.3 Å². The zero-order chi connectivity index (χ0) is 25.1. The summed E-state index contributed by atoms with van der Waals surface area (Å²) < 4.78 is 19.8. The van der Waals surface area contributed by atoms with E-state index in [4.69, 9.17) is 4.78 Å². The summed E-state index contributed by atoms with van der Waals surface area (Å²) >= 11 is 1.52. The van der Waals surface area contributed by atoms with Crippen LogP contribution in [0.2, 0.25) is 0 Å². The van der Waals surface area contributed by atoms with E-state index in [1.807, 2.05) is 12.1 Å². The van der Waals surface area contributed by atoms with Crippen molar-refractivity contribution in [3.8, 4) is 6.07 Å². The SMILES string of the molecule is Cc1c(CN2CCC3(CCN(c4ncnc5sc(CS(C)(=N)=O)cc45)C3)C2)ccc2[nH]c(C#N)cc12. The Bertz CT molecular complexity index is 1630. The Morgan fingerprint density at radius 1 is 1.22 bits per heavy atom. The predicted octanol–water partition coefficient (Wildman–Crippen LogP) is 4.63. The van der Waals surface area contributed by atoms with Crippen molar-refractivity contribution in [3.63, 3.8) is 0 Å². The molecule has 0 radical (unpaired) electrons. The highest BCUT2D eigenvalue weighted by Crippen LogP contribution is 2.43. The Morgan fingerprint density at radius 3 is 2.86 bits per heavy atom.